The number of ether oxygens (including phenoxy) is 3. The quantitative estimate of drug-likeness (QED) is 0.0261. The van der Waals surface area contributed by atoms with Crippen LogP contribution < -0.4 is 0 Å². The average Bonchev–Trinajstić information content (AvgIpc) is 3.46. The second kappa shape index (κ2) is 68.3. The van der Waals surface area contributed by atoms with Crippen LogP contribution in [0.1, 0.15) is 316 Å². The van der Waals surface area contributed by atoms with Gasteiger partial charge in [-0.1, -0.05) is 290 Å². The van der Waals surface area contributed by atoms with Crippen LogP contribution in [0, 0.1) is 0 Å². The molecule has 0 aliphatic heterocycles. The molecule has 1 unspecified atom stereocenters. The minimum atomic E-state index is -0.801. The number of allylic oxidation sites excluding steroid dienone is 20. The summed E-state index contributed by atoms with van der Waals surface area (Å²) in [5, 5.41) is 0. The molecule has 0 aromatic heterocycles. The Labute approximate surface area is 501 Å². The normalized spacial score (nSPS) is 12.9. The van der Waals surface area contributed by atoms with Crippen molar-refractivity contribution in [2.45, 2.75) is 322 Å². The van der Waals surface area contributed by atoms with Crippen LogP contribution in [0.15, 0.2) is 122 Å². The van der Waals surface area contributed by atoms with E-state index in [1.807, 2.05) is 0 Å². The smallest absolute Gasteiger partial charge is 0.306 e. The van der Waals surface area contributed by atoms with E-state index in [0.717, 1.165) is 135 Å². The van der Waals surface area contributed by atoms with E-state index in [2.05, 4.69) is 142 Å². The lowest BCUT2D eigenvalue weighted by molar-refractivity contribution is -0.167. The first-order valence-electron chi connectivity index (χ1n) is 34.0. The molecule has 0 rings (SSSR count). The van der Waals surface area contributed by atoms with E-state index in [-0.39, 0.29) is 31.1 Å². The van der Waals surface area contributed by atoms with Crippen LogP contribution >= 0.6 is 0 Å². The molecular weight excluding hydrogens is 997 g/mol. The Morgan fingerprint density at radius 1 is 0.259 bits per heavy atom. The minimum absolute atomic E-state index is 0.0967. The Balaban J connectivity index is 4.35. The lowest BCUT2D eigenvalue weighted by Gasteiger charge is -2.18. The Morgan fingerprint density at radius 3 is 0.778 bits per heavy atom. The maximum atomic E-state index is 12.9. The second-order valence-electron chi connectivity index (χ2n) is 22.3. The van der Waals surface area contributed by atoms with Crippen molar-refractivity contribution in [2.24, 2.45) is 0 Å². The second-order valence-corrected chi connectivity index (χ2v) is 22.3. The minimum Gasteiger partial charge on any atom is -0.462 e. The summed E-state index contributed by atoms with van der Waals surface area (Å²) in [6.45, 7) is 6.40. The number of carbonyl (C=O) groups is 3. The molecule has 81 heavy (non-hydrogen) atoms. The van der Waals surface area contributed by atoms with Crippen molar-refractivity contribution >= 4 is 17.9 Å². The molecule has 0 heterocycles. The van der Waals surface area contributed by atoms with E-state index in [0.29, 0.717) is 19.3 Å². The summed E-state index contributed by atoms with van der Waals surface area (Å²) in [5.41, 5.74) is 0. The molecule has 0 aliphatic rings. The number of rotatable bonds is 61. The van der Waals surface area contributed by atoms with E-state index < -0.39 is 6.10 Å². The van der Waals surface area contributed by atoms with E-state index in [1.54, 1.807) is 0 Å². The number of unbranched alkanes of at least 4 members (excludes halogenated alkanes) is 30. The molecule has 0 radical (unpaired) electrons. The van der Waals surface area contributed by atoms with Gasteiger partial charge in [0, 0.05) is 19.3 Å². The van der Waals surface area contributed by atoms with Crippen molar-refractivity contribution in [1.82, 2.24) is 0 Å². The molecule has 0 aromatic carbocycles. The van der Waals surface area contributed by atoms with Crippen LogP contribution in [-0.2, 0) is 28.6 Å². The third kappa shape index (κ3) is 66.5. The summed E-state index contributed by atoms with van der Waals surface area (Å²) < 4.78 is 16.9. The van der Waals surface area contributed by atoms with Crippen molar-refractivity contribution in [2.75, 3.05) is 13.2 Å². The zero-order valence-electron chi connectivity index (χ0n) is 53.0. The lowest BCUT2D eigenvalue weighted by Crippen LogP contribution is -2.30. The van der Waals surface area contributed by atoms with Crippen LogP contribution in [-0.4, -0.2) is 37.2 Å². The first-order chi connectivity index (χ1) is 40.0. The Kier molecular flexibility index (Phi) is 64.8. The molecule has 0 aliphatic carbocycles. The van der Waals surface area contributed by atoms with Crippen molar-refractivity contribution < 1.29 is 28.6 Å². The molecule has 462 valence electrons. The predicted octanol–water partition coefficient (Wildman–Crippen LogP) is 23.6. The fourth-order valence-corrected chi connectivity index (χ4v) is 9.40. The average molecular weight is 1120 g/mol. The molecule has 0 saturated carbocycles. The zero-order chi connectivity index (χ0) is 58.5. The number of hydrogen-bond donors (Lipinski definition) is 0. The molecule has 1 atom stereocenters. The van der Waals surface area contributed by atoms with Gasteiger partial charge in [0.25, 0.3) is 0 Å². The highest BCUT2D eigenvalue weighted by Gasteiger charge is 2.19. The Hall–Kier alpha value is -4.19. The monoisotopic (exact) mass is 1120 g/mol. The highest BCUT2D eigenvalue weighted by atomic mass is 16.6. The van der Waals surface area contributed by atoms with E-state index in [1.165, 1.54) is 141 Å². The Bertz CT molecular complexity index is 1670. The topological polar surface area (TPSA) is 78.9 Å². The molecule has 0 bridgehead atoms. The summed E-state index contributed by atoms with van der Waals surface area (Å²) in [4.78, 5) is 38.4. The summed E-state index contributed by atoms with van der Waals surface area (Å²) in [6, 6.07) is 0. The molecule has 0 amide bonds. The van der Waals surface area contributed by atoms with Gasteiger partial charge in [0.1, 0.15) is 13.2 Å². The molecular formula is C75H126O6. The highest BCUT2D eigenvalue weighted by molar-refractivity contribution is 5.71. The van der Waals surface area contributed by atoms with Crippen LogP contribution in [0.5, 0.6) is 0 Å². The van der Waals surface area contributed by atoms with Gasteiger partial charge < -0.3 is 14.2 Å². The van der Waals surface area contributed by atoms with Crippen molar-refractivity contribution in [3.8, 4) is 0 Å². The fourth-order valence-electron chi connectivity index (χ4n) is 9.40. The maximum Gasteiger partial charge on any atom is 0.306 e. The summed E-state index contributed by atoms with van der Waals surface area (Å²) >= 11 is 0. The highest BCUT2D eigenvalue weighted by Crippen LogP contribution is 2.16. The number of esters is 3. The standard InChI is InChI=1S/C75H126O6/c1-4-7-10-13-16-19-22-25-27-29-31-33-35-37-39-41-43-45-47-50-53-56-59-62-65-68-74(77)80-71-72(70-79-73(76)67-64-61-58-55-52-49-24-21-18-15-12-9-6-3)81-75(78)69-66-63-60-57-54-51-48-46-44-42-40-38-36-34-32-30-28-26-23-20-17-14-11-8-5-2/h7,9-10,12,16,18-19,21,25,27,30-33,37,39,43,45,49,52,72H,4-6,8,11,13-15,17,20,22-24,26,28-29,34-36,38,40-42,44,46-48,50-51,53-71H2,1-3H3/b10-7-,12-9-,19-16-,21-18-,27-25-,32-30-,33-31-,39-37-,45-43-,52-49-. The molecule has 0 saturated heterocycles. The zero-order valence-corrected chi connectivity index (χ0v) is 53.0. The summed E-state index contributed by atoms with van der Waals surface area (Å²) in [7, 11) is 0. The van der Waals surface area contributed by atoms with Gasteiger partial charge in [0.2, 0.25) is 0 Å². The summed E-state index contributed by atoms with van der Waals surface area (Å²) in [5.74, 6) is -0.932. The maximum absolute atomic E-state index is 12.9. The van der Waals surface area contributed by atoms with Gasteiger partial charge in [-0.15, -0.1) is 0 Å². The molecule has 0 aromatic rings. The van der Waals surface area contributed by atoms with Gasteiger partial charge in [0.05, 0.1) is 0 Å². The molecule has 0 N–H and O–H groups in total. The first kappa shape index (κ1) is 76.8. The third-order valence-electron chi connectivity index (χ3n) is 14.4. The molecule has 6 nitrogen and oxygen atoms in total. The third-order valence-corrected chi connectivity index (χ3v) is 14.4. The van der Waals surface area contributed by atoms with E-state index in [9.17, 15) is 14.4 Å². The molecule has 0 spiro atoms. The van der Waals surface area contributed by atoms with E-state index >= 15 is 0 Å². The van der Waals surface area contributed by atoms with Crippen LogP contribution in [0.2, 0.25) is 0 Å². The van der Waals surface area contributed by atoms with Gasteiger partial charge in [-0.3, -0.25) is 14.4 Å². The SMILES string of the molecule is CC/C=C\C/C=C\C/C=C\C/C=C\C/C=C\C/C=C\CCCCCCCCC(=O)OCC(COC(=O)CCCCC/C=C\C/C=C\C/C=C\CC)OC(=O)CCCCCCCCCCCCCCC/C=C\CCCCCCCCCC. The van der Waals surface area contributed by atoms with E-state index in [4.69, 9.17) is 14.2 Å². The van der Waals surface area contributed by atoms with Crippen molar-refractivity contribution in [3.05, 3.63) is 122 Å². The van der Waals surface area contributed by atoms with Gasteiger partial charge >= 0.3 is 17.9 Å². The van der Waals surface area contributed by atoms with Crippen molar-refractivity contribution in [3.63, 3.8) is 0 Å². The van der Waals surface area contributed by atoms with Gasteiger partial charge in [-0.25, -0.2) is 0 Å². The van der Waals surface area contributed by atoms with Crippen LogP contribution in [0.25, 0.3) is 0 Å². The summed E-state index contributed by atoms with van der Waals surface area (Å²) in [6.07, 6.45) is 95.1. The lowest BCUT2D eigenvalue weighted by atomic mass is 10.0. The Morgan fingerprint density at radius 2 is 0.481 bits per heavy atom. The van der Waals surface area contributed by atoms with Crippen LogP contribution in [0.4, 0.5) is 0 Å². The van der Waals surface area contributed by atoms with Gasteiger partial charge in [0.15, 0.2) is 6.10 Å². The van der Waals surface area contributed by atoms with Gasteiger partial charge in [-0.2, -0.15) is 0 Å². The molecule has 0 fully saturated rings. The van der Waals surface area contributed by atoms with Gasteiger partial charge in [-0.05, 0) is 128 Å². The predicted molar refractivity (Wildman–Crippen MR) is 353 cm³/mol. The number of hydrogen-bond acceptors (Lipinski definition) is 6. The number of carbonyl (C=O) groups excluding carboxylic acids is 3. The first-order valence-corrected chi connectivity index (χ1v) is 34.0. The van der Waals surface area contributed by atoms with Crippen molar-refractivity contribution in [1.29, 1.82) is 0 Å². The largest absolute Gasteiger partial charge is 0.462 e. The fraction of sp³-hybridized carbons (Fsp3) is 0.693. The molecule has 6 heteroatoms. The van der Waals surface area contributed by atoms with Crippen LogP contribution in [0.3, 0.4) is 0 Å².